The maximum atomic E-state index is 12.7. The molecule has 1 heterocycles. The van der Waals surface area contributed by atoms with Crippen LogP contribution in [-0.2, 0) is 22.4 Å². The van der Waals surface area contributed by atoms with Crippen LogP contribution in [0.15, 0.2) is 17.2 Å². The van der Waals surface area contributed by atoms with Crippen LogP contribution in [0.4, 0.5) is 0 Å². The molecule has 0 fully saturated rings. The fraction of sp³-hybridized carbons (Fsp3) is 0.714. The van der Waals surface area contributed by atoms with E-state index >= 15 is 0 Å². The van der Waals surface area contributed by atoms with E-state index in [9.17, 15) is 8.42 Å². The Labute approximate surface area is 127 Å². The Bertz CT molecular complexity index is 525. The van der Waals surface area contributed by atoms with Crippen molar-refractivity contribution >= 4 is 21.6 Å². The van der Waals surface area contributed by atoms with Crippen LogP contribution in [0.1, 0.15) is 46.2 Å². The van der Waals surface area contributed by atoms with Gasteiger partial charge in [0.2, 0.25) is 10.0 Å². The van der Waals surface area contributed by atoms with E-state index in [0.29, 0.717) is 17.3 Å². The molecule has 1 unspecified atom stereocenters. The van der Waals surface area contributed by atoms with Crippen molar-refractivity contribution in [2.24, 2.45) is 0 Å². The van der Waals surface area contributed by atoms with Gasteiger partial charge in [0.1, 0.15) is 4.90 Å². The van der Waals surface area contributed by atoms with Gasteiger partial charge in [0.25, 0.3) is 0 Å². The summed E-state index contributed by atoms with van der Waals surface area (Å²) in [6, 6.07) is 1.70. The monoisotopic (exact) mass is 320 g/mol. The number of sulfonamides is 1. The molecule has 1 aromatic rings. The van der Waals surface area contributed by atoms with Gasteiger partial charge in [-0.2, -0.15) is 4.31 Å². The summed E-state index contributed by atoms with van der Waals surface area (Å²) in [5, 5.41) is 0. The van der Waals surface area contributed by atoms with E-state index in [1.165, 1.54) is 0 Å². The van der Waals surface area contributed by atoms with Gasteiger partial charge in [0.15, 0.2) is 0 Å². The highest BCUT2D eigenvalue weighted by Crippen LogP contribution is 2.23. The minimum atomic E-state index is -3.44. The SMILES string of the molecule is CCCn1cc(S(=O)(=O)N(CC)C(C)CC)cc1CCl. The summed E-state index contributed by atoms with van der Waals surface area (Å²) >= 11 is 5.91. The van der Waals surface area contributed by atoms with Crippen molar-refractivity contribution in [1.29, 1.82) is 0 Å². The van der Waals surface area contributed by atoms with Crippen molar-refractivity contribution in [2.75, 3.05) is 6.54 Å². The van der Waals surface area contributed by atoms with Crippen molar-refractivity contribution in [1.82, 2.24) is 8.87 Å². The fourth-order valence-electron chi connectivity index (χ4n) is 2.28. The van der Waals surface area contributed by atoms with Gasteiger partial charge in [-0.25, -0.2) is 8.42 Å². The van der Waals surface area contributed by atoms with Gasteiger partial charge in [-0.1, -0.05) is 20.8 Å². The zero-order chi connectivity index (χ0) is 15.3. The standard InChI is InChI=1S/C14H25ClN2O2S/c1-5-8-16-11-14(9-13(16)10-15)20(18,19)17(7-3)12(4)6-2/h9,11-12H,5-8,10H2,1-4H3. The predicted molar refractivity (Wildman–Crippen MR) is 83.6 cm³/mol. The fourth-order valence-corrected chi connectivity index (χ4v) is 4.29. The molecule has 0 radical (unpaired) electrons. The third kappa shape index (κ3) is 3.57. The molecule has 1 atom stereocenters. The van der Waals surface area contributed by atoms with Gasteiger partial charge in [-0.3, -0.25) is 0 Å². The zero-order valence-electron chi connectivity index (χ0n) is 12.8. The number of aryl methyl sites for hydroxylation is 1. The van der Waals surface area contributed by atoms with Crippen molar-refractivity contribution in [3.05, 3.63) is 18.0 Å². The summed E-state index contributed by atoms with van der Waals surface area (Å²) in [5.74, 6) is 0.324. The summed E-state index contributed by atoms with van der Waals surface area (Å²) in [6.07, 6.45) is 3.45. The molecule has 0 amide bonds. The van der Waals surface area contributed by atoms with E-state index in [4.69, 9.17) is 11.6 Å². The van der Waals surface area contributed by atoms with E-state index in [1.807, 2.05) is 25.3 Å². The number of rotatable bonds is 8. The number of halogens is 1. The van der Waals surface area contributed by atoms with Crippen LogP contribution in [0.25, 0.3) is 0 Å². The topological polar surface area (TPSA) is 42.3 Å². The summed E-state index contributed by atoms with van der Waals surface area (Å²) in [7, 11) is -3.44. The Kier molecular flexibility index (Phi) is 6.55. The summed E-state index contributed by atoms with van der Waals surface area (Å²) in [6.45, 7) is 9.13. The van der Waals surface area contributed by atoms with Crippen LogP contribution >= 0.6 is 11.6 Å². The molecule has 1 rings (SSSR count). The molecule has 0 aliphatic carbocycles. The average molecular weight is 321 g/mol. The van der Waals surface area contributed by atoms with E-state index in [0.717, 1.165) is 25.1 Å². The molecule has 0 bridgehead atoms. The highest BCUT2D eigenvalue weighted by Gasteiger charge is 2.28. The van der Waals surface area contributed by atoms with Crippen molar-refractivity contribution in [2.45, 2.75) is 63.9 Å². The van der Waals surface area contributed by atoms with Crippen LogP contribution in [0.3, 0.4) is 0 Å². The Morgan fingerprint density at radius 2 is 2.00 bits per heavy atom. The molecule has 0 saturated carbocycles. The first-order chi connectivity index (χ1) is 9.42. The maximum absolute atomic E-state index is 12.7. The first-order valence-corrected chi connectivity index (χ1v) is 9.16. The van der Waals surface area contributed by atoms with Crippen LogP contribution in [-0.4, -0.2) is 29.9 Å². The molecule has 0 N–H and O–H groups in total. The normalized spacial score (nSPS) is 13.9. The molecule has 4 nitrogen and oxygen atoms in total. The molecule has 6 heteroatoms. The zero-order valence-corrected chi connectivity index (χ0v) is 14.3. The Balaban J connectivity index is 3.20. The smallest absolute Gasteiger partial charge is 0.244 e. The van der Waals surface area contributed by atoms with Crippen LogP contribution in [0, 0.1) is 0 Å². The molecule has 0 saturated heterocycles. The lowest BCUT2D eigenvalue weighted by Gasteiger charge is -2.25. The number of aromatic nitrogens is 1. The highest BCUT2D eigenvalue weighted by atomic mass is 35.5. The minimum absolute atomic E-state index is 0.000948. The summed E-state index contributed by atoms with van der Waals surface area (Å²) in [4.78, 5) is 0.351. The van der Waals surface area contributed by atoms with E-state index in [2.05, 4.69) is 6.92 Å². The highest BCUT2D eigenvalue weighted by molar-refractivity contribution is 7.89. The second kappa shape index (κ2) is 7.48. The van der Waals surface area contributed by atoms with Crippen molar-refractivity contribution in [3.8, 4) is 0 Å². The molecular weight excluding hydrogens is 296 g/mol. The predicted octanol–water partition coefficient (Wildman–Crippen LogP) is 3.45. The van der Waals surface area contributed by atoms with E-state index < -0.39 is 10.0 Å². The first-order valence-electron chi connectivity index (χ1n) is 7.19. The molecule has 0 aliphatic heterocycles. The lowest BCUT2D eigenvalue weighted by atomic mass is 10.3. The summed E-state index contributed by atoms with van der Waals surface area (Å²) < 4.78 is 28.9. The van der Waals surface area contributed by atoms with Gasteiger partial charge in [-0.05, 0) is 25.8 Å². The quantitative estimate of drug-likeness (QED) is 0.688. The molecule has 20 heavy (non-hydrogen) atoms. The first kappa shape index (κ1) is 17.5. The molecule has 116 valence electrons. The maximum Gasteiger partial charge on any atom is 0.244 e. The Morgan fingerprint density at radius 1 is 1.35 bits per heavy atom. The van der Waals surface area contributed by atoms with Gasteiger partial charge < -0.3 is 4.57 Å². The third-order valence-corrected chi connectivity index (χ3v) is 5.89. The number of hydrogen-bond donors (Lipinski definition) is 0. The number of nitrogens with zero attached hydrogens (tertiary/aromatic N) is 2. The Morgan fingerprint density at radius 3 is 2.45 bits per heavy atom. The van der Waals surface area contributed by atoms with E-state index in [1.54, 1.807) is 16.6 Å². The summed E-state index contributed by atoms with van der Waals surface area (Å²) in [5.41, 5.74) is 0.854. The van der Waals surface area contributed by atoms with Crippen molar-refractivity contribution in [3.63, 3.8) is 0 Å². The lowest BCUT2D eigenvalue weighted by molar-refractivity contribution is 0.342. The third-order valence-electron chi connectivity index (χ3n) is 3.56. The number of alkyl halides is 1. The van der Waals surface area contributed by atoms with Crippen LogP contribution in [0.5, 0.6) is 0 Å². The van der Waals surface area contributed by atoms with Gasteiger partial charge in [-0.15, -0.1) is 11.6 Å². The molecular formula is C14H25ClN2O2S. The van der Waals surface area contributed by atoms with Gasteiger partial charge >= 0.3 is 0 Å². The van der Waals surface area contributed by atoms with Gasteiger partial charge in [0, 0.05) is 31.0 Å². The Hall–Kier alpha value is -0.520. The average Bonchev–Trinajstić information content (AvgIpc) is 2.83. The van der Waals surface area contributed by atoms with Crippen molar-refractivity contribution < 1.29 is 8.42 Å². The molecule has 0 aliphatic rings. The number of hydrogen-bond acceptors (Lipinski definition) is 2. The molecule has 0 spiro atoms. The van der Waals surface area contributed by atoms with Gasteiger partial charge in [0.05, 0.1) is 5.88 Å². The second-order valence-corrected chi connectivity index (χ2v) is 7.12. The lowest BCUT2D eigenvalue weighted by Crippen LogP contribution is -2.37. The molecule has 1 aromatic heterocycles. The van der Waals surface area contributed by atoms with Crippen LogP contribution < -0.4 is 0 Å². The minimum Gasteiger partial charge on any atom is -0.349 e. The largest absolute Gasteiger partial charge is 0.349 e. The second-order valence-electron chi connectivity index (χ2n) is 4.96. The van der Waals surface area contributed by atoms with E-state index in [-0.39, 0.29) is 6.04 Å². The molecule has 0 aromatic carbocycles. The van der Waals surface area contributed by atoms with Crippen LogP contribution in [0.2, 0.25) is 0 Å².